The van der Waals surface area contributed by atoms with Gasteiger partial charge >= 0.3 is 5.97 Å². The van der Waals surface area contributed by atoms with Crippen LogP contribution in [0.3, 0.4) is 0 Å². The molecule has 0 spiro atoms. The third kappa shape index (κ3) is 3.08. The van der Waals surface area contributed by atoms with E-state index in [2.05, 4.69) is 0 Å². The maximum Gasteiger partial charge on any atom is 0.339 e. The van der Waals surface area contributed by atoms with Crippen LogP contribution in [-0.4, -0.2) is 29.2 Å². The van der Waals surface area contributed by atoms with Gasteiger partial charge in [-0.05, 0) is 49.8 Å². The molecule has 0 saturated carbocycles. The fraction of sp³-hybridized carbons (Fsp3) is 0.125. The Hall–Kier alpha value is -3.44. The van der Waals surface area contributed by atoms with Crippen LogP contribution in [0.15, 0.2) is 54.1 Å². The zero-order valence-electron chi connectivity index (χ0n) is 16.7. The van der Waals surface area contributed by atoms with Crippen LogP contribution >= 0.6 is 11.6 Å². The molecule has 4 rings (SSSR count). The van der Waals surface area contributed by atoms with Crippen molar-refractivity contribution in [2.24, 2.45) is 0 Å². The van der Waals surface area contributed by atoms with E-state index in [9.17, 15) is 14.4 Å². The lowest BCUT2D eigenvalue weighted by atomic mass is 10.1. The van der Waals surface area contributed by atoms with E-state index in [1.165, 1.54) is 7.11 Å². The summed E-state index contributed by atoms with van der Waals surface area (Å²) in [6.45, 7) is 3.82. The molecule has 1 heterocycles. The maximum absolute atomic E-state index is 12.7. The number of rotatable bonds is 3. The molecule has 2 aromatic carbocycles. The molecule has 30 heavy (non-hydrogen) atoms. The van der Waals surface area contributed by atoms with Crippen LogP contribution in [-0.2, 0) is 4.74 Å². The lowest BCUT2D eigenvalue weighted by molar-refractivity contribution is 0.0600. The minimum Gasteiger partial charge on any atom is -0.465 e. The molecule has 3 aromatic rings. The van der Waals surface area contributed by atoms with Gasteiger partial charge in [0.2, 0.25) is 0 Å². The molecular formula is C24H18ClNO4. The summed E-state index contributed by atoms with van der Waals surface area (Å²) in [5.41, 5.74) is 4.60. The monoisotopic (exact) mass is 419 g/mol. The van der Waals surface area contributed by atoms with Gasteiger partial charge in [0.15, 0.2) is 11.6 Å². The van der Waals surface area contributed by atoms with Crippen LogP contribution in [0.1, 0.15) is 48.0 Å². The summed E-state index contributed by atoms with van der Waals surface area (Å²) in [6.07, 6.45) is 1.65. The van der Waals surface area contributed by atoms with Crippen molar-refractivity contribution < 1.29 is 19.1 Å². The second-order valence-electron chi connectivity index (χ2n) is 7.08. The highest BCUT2D eigenvalue weighted by Gasteiger charge is 2.32. The van der Waals surface area contributed by atoms with E-state index >= 15 is 0 Å². The highest BCUT2D eigenvalue weighted by molar-refractivity contribution is 6.41. The topological polar surface area (TPSA) is 65.4 Å². The van der Waals surface area contributed by atoms with Crippen molar-refractivity contribution in [2.45, 2.75) is 13.8 Å². The average molecular weight is 420 g/mol. The number of ether oxygens (including phenoxy) is 1. The summed E-state index contributed by atoms with van der Waals surface area (Å²) in [6, 6.07) is 13.8. The Bertz CT molecular complexity index is 1230. The second kappa shape index (κ2) is 7.43. The Morgan fingerprint density at radius 3 is 2.20 bits per heavy atom. The molecule has 1 aromatic heterocycles. The van der Waals surface area contributed by atoms with E-state index in [1.807, 2.05) is 24.5 Å². The van der Waals surface area contributed by atoms with Crippen LogP contribution in [0.5, 0.6) is 0 Å². The lowest BCUT2D eigenvalue weighted by Crippen LogP contribution is -2.05. The van der Waals surface area contributed by atoms with Gasteiger partial charge in [-0.3, -0.25) is 9.59 Å². The third-order valence-electron chi connectivity index (χ3n) is 5.29. The quantitative estimate of drug-likeness (QED) is 0.340. The van der Waals surface area contributed by atoms with Gasteiger partial charge in [0.25, 0.3) is 0 Å². The average Bonchev–Trinajstić information content (AvgIpc) is 3.15. The molecule has 1 aliphatic carbocycles. The maximum atomic E-state index is 12.7. The highest BCUT2D eigenvalue weighted by Crippen LogP contribution is 2.31. The number of fused-ring (bicyclic) bond motifs is 1. The Morgan fingerprint density at radius 1 is 1.00 bits per heavy atom. The molecule has 6 heteroatoms. The normalized spacial score (nSPS) is 12.9. The van der Waals surface area contributed by atoms with Gasteiger partial charge in [-0.25, -0.2) is 4.79 Å². The molecule has 0 fully saturated rings. The Balaban J connectivity index is 1.77. The molecule has 0 unspecified atom stereocenters. The van der Waals surface area contributed by atoms with Crippen molar-refractivity contribution in [1.29, 1.82) is 0 Å². The SMILES string of the molecule is COC(=O)c1ccc(-n2c(C)cc(C=C3C(=O)c4ccccc4C3=O)c2C)cc1Cl. The largest absolute Gasteiger partial charge is 0.465 e. The number of carbonyl (C=O) groups excluding carboxylic acids is 3. The number of Topliss-reactive ketones (excluding diaryl/α,β-unsaturated/α-hetero) is 2. The standard InChI is InChI=1S/C24H18ClNO4/c1-13-10-15(11-20-22(27)17-6-4-5-7-18(17)23(20)28)14(2)26(13)16-8-9-19(21(25)12-16)24(29)30-3/h4-12H,1-3H3. The summed E-state index contributed by atoms with van der Waals surface area (Å²) in [5, 5.41) is 0.281. The van der Waals surface area contributed by atoms with Gasteiger partial charge in [0, 0.05) is 28.2 Å². The molecule has 0 atom stereocenters. The van der Waals surface area contributed by atoms with Gasteiger partial charge in [0.05, 0.1) is 23.3 Å². The minimum absolute atomic E-state index is 0.163. The number of methoxy groups -OCH3 is 1. The molecule has 5 nitrogen and oxygen atoms in total. The summed E-state index contributed by atoms with van der Waals surface area (Å²) in [7, 11) is 1.30. The van der Waals surface area contributed by atoms with Gasteiger partial charge in [0.1, 0.15) is 0 Å². The van der Waals surface area contributed by atoms with E-state index in [0.29, 0.717) is 11.1 Å². The van der Waals surface area contributed by atoms with Crippen molar-refractivity contribution in [2.75, 3.05) is 7.11 Å². The molecule has 0 aliphatic heterocycles. The van der Waals surface area contributed by atoms with E-state index in [4.69, 9.17) is 16.3 Å². The first-order chi connectivity index (χ1) is 14.3. The van der Waals surface area contributed by atoms with Crippen molar-refractivity contribution in [3.05, 3.63) is 92.8 Å². The second-order valence-corrected chi connectivity index (χ2v) is 7.49. The number of benzene rings is 2. The Labute approximate surface area is 178 Å². The molecule has 150 valence electrons. The minimum atomic E-state index is -0.504. The fourth-order valence-corrected chi connectivity index (χ4v) is 4.06. The molecule has 0 amide bonds. The number of hydrogen-bond donors (Lipinski definition) is 0. The van der Waals surface area contributed by atoms with E-state index in [0.717, 1.165) is 22.6 Å². The lowest BCUT2D eigenvalue weighted by Gasteiger charge is -2.11. The zero-order chi connectivity index (χ0) is 21.6. The van der Waals surface area contributed by atoms with Gasteiger partial charge in [-0.15, -0.1) is 0 Å². The summed E-state index contributed by atoms with van der Waals surface area (Å²) >= 11 is 6.28. The zero-order valence-corrected chi connectivity index (χ0v) is 17.4. The van der Waals surface area contributed by atoms with Gasteiger partial charge in [-0.2, -0.15) is 0 Å². The number of aromatic nitrogens is 1. The molecule has 0 bridgehead atoms. The first-order valence-electron chi connectivity index (χ1n) is 9.30. The molecular weight excluding hydrogens is 402 g/mol. The number of nitrogens with zero attached hydrogens (tertiary/aromatic N) is 1. The number of aryl methyl sites for hydroxylation is 1. The van der Waals surface area contributed by atoms with Crippen LogP contribution in [0, 0.1) is 13.8 Å². The molecule has 0 N–H and O–H groups in total. The molecule has 0 radical (unpaired) electrons. The predicted octanol–water partition coefficient (Wildman–Crippen LogP) is 5.00. The number of esters is 1. The summed E-state index contributed by atoms with van der Waals surface area (Å²) in [5.74, 6) is -1.02. The Morgan fingerprint density at radius 2 is 1.63 bits per heavy atom. The number of ketones is 2. The van der Waals surface area contributed by atoms with Crippen molar-refractivity contribution in [3.8, 4) is 5.69 Å². The first kappa shape index (κ1) is 19.9. The Kier molecular flexibility index (Phi) is 4.92. The number of carbonyl (C=O) groups is 3. The fourth-order valence-electron chi connectivity index (χ4n) is 3.81. The van der Waals surface area contributed by atoms with Crippen molar-refractivity contribution >= 4 is 35.2 Å². The van der Waals surface area contributed by atoms with E-state index in [1.54, 1.807) is 48.5 Å². The van der Waals surface area contributed by atoms with Crippen LogP contribution < -0.4 is 0 Å². The molecule has 1 aliphatic rings. The number of halogens is 1. The third-order valence-corrected chi connectivity index (χ3v) is 5.60. The highest BCUT2D eigenvalue weighted by atomic mass is 35.5. The van der Waals surface area contributed by atoms with Crippen LogP contribution in [0.25, 0.3) is 11.8 Å². The van der Waals surface area contributed by atoms with Gasteiger partial charge < -0.3 is 9.30 Å². The summed E-state index contributed by atoms with van der Waals surface area (Å²) < 4.78 is 6.69. The van der Waals surface area contributed by atoms with Crippen LogP contribution in [0.4, 0.5) is 0 Å². The van der Waals surface area contributed by atoms with Crippen molar-refractivity contribution in [3.63, 3.8) is 0 Å². The predicted molar refractivity (Wildman–Crippen MR) is 115 cm³/mol. The van der Waals surface area contributed by atoms with Gasteiger partial charge in [-0.1, -0.05) is 35.9 Å². The van der Waals surface area contributed by atoms with E-state index in [-0.39, 0.29) is 27.7 Å². The number of allylic oxidation sites excluding steroid dienone is 1. The smallest absolute Gasteiger partial charge is 0.339 e. The van der Waals surface area contributed by atoms with Crippen LogP contribution in [0.2, 0.25) is 5.02 Å². The van der Waals surface area contributed by atoms with E-state index < -0.39 is 5.97 Å². The molecule has 0 saturated heterocycles. The summed E-state index contributed by atoms with van der Waals surface area (Å²) in [4.78, 5) is 37.2. The van der Waals surface area contributed by atoms with Crippen molar-refractivity contribution in [1.82, 2.24) is 4.57 Å². The number of hydrogen-bond acceptors (Lipinski definition) is 4. The first-order valence-corrected chi connectivity index (χ1v) is 9.68.